The Labute approximate surface area is 115 Å². The van der Waals surface area contributed by atoms with Gasteiger partial charge in [0.15, 0.2) is 0 Å². The Balaban J connectivity index is 1.92. The largest absolute Gasteiger partial charge is 0.392 e. The summed E-state index contributed by atoms with van der Waals surface area (Å²) in [7, 11) is 0. The van der Waals surface area contributed by atoms with E-state index in [2.05, 4.69) is 30.9 Å². The molecule has 2 nitrogen and oxygen atoms in total. The Kier molecular flexibility index (Phi) is 4.31. The van der Waals surface area contributed by atoms with Gasteiger partial charge in [0.1, 0.15) is 0 Å². The molecule has 0 bridgehead atoms. The molecule has 0 aromatic heterocycles. The molecule has 100 valence electrons. The maximum Gasteiger partial charge on any atom is 0.0679 e. The van der Waals surface area contributed by atoms with Crippen molar-refractivity contribution in [2.24, 2.45) is 0 Å². The van der Waals surface area contributed by atoms with Crippen molar-refractivity contribution < 1.29 is 5.11 Å². The lowest BCUT2D eigenvalue weighted by Crippen LogP contribution is -2.29. The van der Waals surface area contributed by atoms with E-state index in [1.807, 2.05) is 12.1 Å². The predicted molar refractivity (Wildman–Crippen MR) is 76.2 cm³/mol. The summed E-state index contributed by atoms with van der Waals surface area (Å²) >= 11 is 5.92. The fourth-order valence-corrected chi connectivity index (χ4v) is 2.62. The van der Waals surface area contributed by atoms with E-state index in [-0.39, 0.29) is 11.5 Å². The normalized spacial score (nSPS) is 21.4. The lowest BCUT2D eigenvalue weighted by molar-refractivity contribution is 0.173. The molecule has 1 aliphatic heterocycles. The molecule has 0 radical (unpaired) electrons. The summed E-state index contributed by atoms with van der Waals surface area (Å²) in [6.07, 6.45) is 1.89. The van der Waals surface area contributed by atoms with Crippen molar-refractivity contribution in [2.75, 3.05) is 19.6 Å². The molecule has 1 N–H and O–H groups in total. The van der Waals surface area contributed by atoms with Crippen molar-refractivity contribution in [3.63, 3.8) is 0 Å². The quantitative estimate of drug-likeness (QED) is 0.906. The van der Waals surface area contributed by atoms with Crippen molar-refractivity contribution in [3.05, 3.63) is 34.9 Å². The van der Waals surface area contributed by atoms with Crippen LogP contribution in [0.15, 0.2) is 24.3 Å². The Bertz CT molecular complexity index is 388. The molecule has 1 heterocycles. The van der Waals surface area contributed by atoms with Gasteiger partial charge in [0, 0.05) is 18.1 Å². The highest BCUT2D eigenvalue weighted by atomic mass is 35.5. The van der Waals surface area contributed by atoms with Gasteiger partial charge in [-0.3, -0.25) is 0 Å². The number of nitrogens with zero attached hydrogens (tertiary/aromatic N) is 1. The zero-order valence-electron chi connectivity index (χ0n) is 11.2. The third-order valence-corrected chi connectivity index (χ3v) is 4.18. The zero-order valence-corrected chi connectivity index (χ0v) is 12.0. The van der Waals surface area contributed by atoms with Crippen molar-refractivity contribution in [1.82, 2.24) is 4.90 Å². The van der Waals surface area contributed by atoms with Gasteiger partial charge in [-0.15, -0.1) is 0 Å². The molecule has 1 aromatic carbocycles. The minimum absolute atomic E-state index is 0.122. The van der Waals surface area contributed by atoms with Crippen LogP contribution < -0.4 is 0 Å². The number of aliphatic hydroxyl groups excluding tert-OH is 1. The molecule has 1 aromatic rings. The number of hydrogen-bond acceptors (Lipinski definition) is 2. The van der Waals surface area contributed by atoms with E-state index in [9.17, 15) is 5.11 Å². The van der Waals surface area contributed by atoms with Gasteiger partial charge in [-0.05, 0) is 42.5 Å². The van der Waals surface area contributed by atoms with Gasteiger partial charge in [0.05, 0.1) is 6.10 Å². The summed E-state index contributed by atoms with van der Waals surface area (Å²) in [6.45, 7) is 7.44. The second kappa shape index (κ2) is 5.60. The second-order valence-corrected chi connectivity index (χ2v) is 6.32. The van der Waals surface area contributed by atoms with E-state index in [0.29, 0.717) is 0 Å². The van der Waals surface area contributed by atoms with Gasteiger partial charge in [0.2, 0.25) is 0 Å². The molecule has 0 aliphatic carbocycles. The Hall–Kier alpha value is -0.570. The highest BCUT2D eigenvalue weighted by Crippen LogP contribution is 2.28. The molecule has 2 rings (SSSR count). The van der Waals surface area contributed by atoms with Crippen LogP contribution in [0.5, 0.6) is 0 Å². The fraction of sp³-hybridized carbons (Fsp3) is 0.600. The molecule has 3 heteroatoms. The second-order valence-electron chi connectivity index (χ2n) is 5.88. The summed E-state index contributed by atoms with van der Waals surface area (Å²) in [5, 5.41) is 10.3. The van der Waals surface area contributed by atoms with Gasteiger partial charge < -0.3 is 10.0 Å². The monoisotopic (exact) mass is 267 g/mol. The highest BCUT2D eigenvalue weighted by molar-refractivity contribution is 6.30. The first-order valence-corrected chi connectivity index (χ1v) is 7.02. The van der Waals surface area contributed by atoms with Crippen molar-refractivity contribution in [2.45, 2.75) is 38.2 Å². The average molecular weight is 268 g/mol. The van der Waals surface area contributed by atoms with Crippen LogP contribution in [0.1, 0.15) is 32.3 Å². The van der Waals surface area contributed by atoms with E-state index in [1.165, 1.54) is 5.56 Å². The average Bonchev–Trinajstić information content (AvgIpc) is 2.73. The number of likely N-dealkylation sites (tertiary alicyclic amines) is 1. The molecular formula is C15H22ClNO. The molecule has 0 spiro atoms. The predicted octanol–water partition coefficient (Wildman–Crippen LogP) is 3.07. The molecule has 0 saturated carbocycles. The van der Waals surface area contributed by atoms with Crippen LogP contribution in [0, 0.1) is 0 Å². The van der Waals surface area contributed by atoms with E-state index < -0.39 is 0 Å². The number of benzene rings is 1. The van der Waals surface area contributed by atoms with Gasteiger partial charge in [-0.1, -0.05) is 37.6 Å². The molecule has 0 amide bonds. The first-order chi connectivity index (χ1) is 8.47. The Morgan fingerprint density at radius 2 is 2.00 bits per heavy atom. The smallest absolute Gasteiger partial charge is 0.0679 e. The van der Waals surface area contributed by atoms with Gasteiger partial charge in [0.25, 0.3) is 0 Å². The standard InChI is InChI=1S/C15H22ClNO/c1-15(2,12-3-5-13(16)6-4-12)8-10-17-9-7-14(18)11-17/h3-6,14,18H,7-11H2,1-2H3/t14-/m1/s1. The molecule has 1 atom stereocenters. The number of aliphatic hydroxyl groups is 1. The van der Waals surface area contributed by atoms with E-state index in [4.69, 9.17) is 11.6 Å². The van der Waals surface area contributed by atoms with E-state index >= 15 is 0 Å². The molecular weight excluding hydrogens is 246 g/mol. The maximum absolute atomic E-state index is 9.52. The number of halogens is 1. The van der Waals surface area contributed by atoms with Crippen molar-refractivity contribution in [1.29, 1.82) is 0 Å². The maximum atomic E-state index is 9.52. The Morgan fingerprint density at radius 3 is 2.56 bits per heavy atom. The SMILES string of the molecule is CC(C)(CCN1CC[C@@H](O)C1)c1ccc(Cl)cc1. The van der Waals surface area contributed by atoms with Gasteiger partial charge in [-0.25, -0.2) is 0 Å². The van der Waals surface area contributed by atoms with E-state index in [0.717, 1.165) is 37.5 Å². The van der Waals surface area contributed by atoms with Gasteiger partial charge in [-0.2, -0.15) is 0 Å². The first-order valence-electron chi connectivity index (χ1n) is 6.64. The summed E-state index contributed by atoms with van der Waals surface area (Å²) in [5.41, 5.74) is 1.48. The summed E-state index contributed by atoms with van der Waals surface area (Å²) in [6, 6.07) is 8.14. The van der Waals surface area contributed by atoms with Crippen molar-refractivity contribution in [3.8, 4) is 0 Å². The van der Waals surface area contributed by atoms with Crippen LogP contribution in [-0.2, 0) is 5.41 Å². The number of β-amino-alcohol motifs (C(OH)–C–C–N with tert-alkyl or cyclic N) is 1. The topological polar surface area (TPSA) is 23.5 Å². The van der Waals surface area contributed by atoms with Crippen molar-refractivity contribution >= 4 is 11.6 Å². The van der Waals surface area contributed by atoms with Crippen LogP contribution in [0.25, 0.3) is 0 Å². The number of rotatable bonds is 4. The lowest BCUT2D eigenvalue weighted by Gasteiger charge is -2.28. The summed E-state index contributed by atoms with van der Waals surface area (Å²) in [5.74, 6) is 0. The van der Waals surface area contributed by atoms with Crippen LogP contribution in [0.3, 0.4) is 0 Å². The van der Waals surface area contributed by atoms with Gasteiger partial charge >= 0.3 is 0 Å². The first kappa shape index (κ1) is 13.9. The third-order valence-electron chi connectivity index (χ3n) is 3.93. The lowest BCUT2D eigenvalue weighted by atomic mass is 9.81. The summed E-state index contributed by atoms with van der Waals surface area (Å²) < 4.78 is 0. The van der Waals surface area contributed by atoms with Crippen LogP contribution >= 0.6 is 11.6 Å². The minimum atomic E-state index is -0.122. The van der Waals surface area contributed by atoms with Crippen LogP contribution in [0.4, 0.5) is 0 Å². The molecule has 1 fully saturated rings. The van der Waals surface area contributed by atoms with Crippen LogP contribution in [-0.4, -0.2) is 35.7 Å². The van der Waals surface area contributed by atoms with Crippen LogP contribution in [0.2, 0.25) is 5.02 Å². The summed E-state index contributed by atoms with van der Waals surface area (Å²) in [4.78, 5) is 2.35. The molecule has 1 aliphatic rings. The Morgan fingerprint density at radius 1 is 1.33 bits per heavy atom. The molecule has 1 saturated heterocycles. The molecule has 0 unspecified atom stereocenters. The highest BCUT2D eigenvalue weighted by Gasteiger charge is 2.25. The zero-order chi connectivity index (χ0) is 13.2. The minimum Gasteiger partial charge on any atom is -0.392 e. The fourth-order valence-electron chi connectivity index (χ4n) is 2.50. The third kappa shape index (κ3) is 3.47. The number of hydrogen-bond donors (Lipinski definition) is 1. The molecule has 18 heavy (non-hydrogen) atoms. The van der Waals surface area contributed by atoms with E-state index in [1.54, 1.807) is 0 Å².